The zero-order valence-electron chi connectivity index (χ0n) is 8.44. The highest BCUT2D eigenvalue weighted by molar-refractivity contribution is 5.77. The predicted molar refractivity (Wildman–Crippen MR) is 56.3 cm³/mol. The van der Waals surface area contributed by atoms with Crippen LogP contribution >= 0.6 is 0 Å². The lowest BCUT2D eigenvalue weighted by molar-refractivity contribution is -0.120. The summed E-state index contributed by atoms with van der Waals surface area (Å²) in [4.78, 5) is 19.3. The molecule has 5 heteroatoms. The molecule has 15 heavy (non-hydrogen) atoms. The first-order chi connectivity index (χ1) is 7.34. The van der Waals surface area contributed by atoms with Crippen molar-refractivity contribution in [2.75, 3.05) is 11.9 Å². The quantitative estimate of drug-likeness (QED) is 0.738. The standard InChI is InChI=1S/C10H14N4O/c15-9(14-8-2-3-8)4-7-13-10-11-5-1-6-12-10/h1,5-6,8H,2-4,7H2,(H,14,15)(H,11,12,13). The number of nitrogens with one attached hydrogen (secondary N) is 2. The van der Waals surface area contributed by atoms with Crippen molar-refractivity contribution in [1.29, 1.82) is 0 Å². The molecule has 1 amide bonds. The molecule has 0 unspecified atom stereocenters. The Bertz CT molecular complexity index is 323. The second-order valence-corrected chi connectivity index (χ2v) is 3.59. The first-order valence-corrected chi connectivity index (χ1v) is 5.15. The van der Waals surface area contributed by atoms with Crippen molar-refractivity contribution < 1.29 is 4.79 Å². The van der Waals surface area contributed by atoms with Crippen molar-refractivity contribution in [2.45, 2.75) is 25.3 Å². The lowest BCUT2D eigenvalue weighted by atomic mass is 10.4. The number of carbonyl (C=O) groups is 1. The van der Waals surface area contributed by atoms with E-state index in [1.807, 2.05) is 0 Å². The summed E-state index contributed by atoms with van der Waals surface area (Å²) in [7, 11) is 0. The van der Waals surface area contributed by atoms with Gasteiger partial charge in [0.05, 0.1) is 0 Å². The van der Waals surface area contributed by atoms with Gasteiger partial charge in [-0.1, -0.05) is 0 Å². The van der Waals surface area contributed by atoms with Crippen LogP contribution < -0.4 is 10.6 Å². The third-order valence-corrected chi connectivity index (χ3v) is 2.14. The monoisotopic (exact) mass is 206 g/mol. The van der Waals surface area contributed by atoms with Crippen LogP contribution in [-0.2, 0) is 4.79 Å². The summed E-state index contributed by atoms with van der Waals surface area (Å²) in [5, 5.41) is 5.91. The molecule has 5 nitrogen and oxygen atoms in total. The van der Waals surface area contributed by atoms with Gasteiger partial charge in [-0.2, -0.15) is 0 Å². The normalized spacial score (nSPS) is 14.7. The molecule has 1 fully saturated rings. The Kier molecular flexibility index (Phi) is 3.11. The van der Waals surface area contributed by atoms with E-state index in [2.05, 4.69) is 20.6 Å². The van der Waals surface area contributed by atoms with Crippen LogP contribution in [0.15, 0.2) is 18.5 Å². The Morgan fingerprint density at radius 3 is 2.80 bits per heavy atom. The molecule has 1 aliphatic rings. The molecule has 0 aliphatic heterocycles. The third kappa shape index (κ3) is 3.53. The summed E-state index contributed by atoms with van der Waals surface area (Å²) >= 11 is 0. The van der Waals surface area contributed by atoms with Gasteiger partial charge < -0.3 is 10.6 Å². The average Bonchev–Trinajstić information content (AvgIpc) is 3.03. The Morgan fingerprint density at radius 1 is 1.40 bits per heavy atom. The number of anilines is 1. The maximum Gasteiger partial charge on any atom is 0.222 e. The second kappa shape index (κ2) is 4.72. The smallest absolute Gasteiger partial charge is 0.222 e. The number of amides is 1. The van der Waals surface area contributed by atoms with Gasteiger partial charge in [-0.05, 0) is 18.9 Å². The molecule has 0 aromatic carbocycles. The zero-order valence-corrected chi connectivity index (χ0v) is 8.44. The summed E-state index contributed by atoms with van der Waals surface area (Å²) in [5.74, 6) is 0.664. The molecule has 2 rings (SSSR count). The average molecular weight is 206 g/mol. The number of aromatic nitrogens is 2. The van der Waals surface area contributed by atoms with Gasteiger partial charge in [-0.15, -0.1) is 0 Å². The van der Waals surface area contributed by atoms with Gasteiger partial charge in [0.2, 0.25) is 11.9 Å². The highest BCUT2D eigenvalue weighted by Crippen LogP contribution is 2.18. The summed E-state index contributed by atoms with van der Waals surface area (Å²) in [6, 6.07) is 2.19. The van der Waals surface area contributed by atoms with Gasteiger partial charge in [-0.3, -0.25) is 4.79 Å². The molecular weight excluding hydrogens is 192 g/mol. The van der Waals surface area contributed by atoms with Gasteiger partial charge in [-0.25, -0.2) is 9.97 Å². The first kappa shape index (κ1) is 9.89. The summed E-state index contributed by atoms with van der Waals surface area (Å²) in [6.07, 6.45) is 6.05. The zero-order chi connectivity index (χ0) is 10.5. The van der Waals surface area contributed by atoms with Crippen LogP contribution in [0.25, 0.3) is 0 Å². The number of nitrogens with zero attached hydrogens (tertiary/aromatic N) is 2. The SMILES string of the molecule is O=C(CCNc1ncccn1)NC1CC1. The van der Waals surface area contributed by atoms with Gasteiger partial charge >= 0.3 is 0 Å². The summed E-state index contributed by atoms with van der Waals surface area (Å²) in [6.45, 7) is 0.572. The summed E-state index contributed by atoms with van der Waals surface area (Å²) < 4.78 is 0. The van der Waals surface area contributed by atoms with Crippen LogP contribution in [0, 0.1) is 0 Å². The van der Waals surface area contributed by atoms with Crippen molar-refractivity contribution in [2.24, 2.45) is 0 Å². The van der Waals surface area contributed by atoms with Gasteiger partial charge in [0.15, 0.2) is 0 Å². The number of carbonyl (C=O) groups excluding carboxylic acids is 1. The van der Waals surface area contributed by atoms with Crippen molar-refractivity contribution in [1.82, 2.24) is 15.3 Å². The minimum absolute atomic E-state index is 0.0981. The molecule has 0 saturated heterocycles. The van der Waals surface area contributed by atoms with Crippen molar-refractivity contribution in [3.05, 3.63) is 18.5 Å². The minimum Gasteiger partial charge on any atom is -0.354 e. The Morgan fingerprint density at radius 2 is 2.13 bits per heavy atom. The largest absolute Gasteiger partial charge is 0.354 e. The third-order valence-electron chi connectivity index (χ3n) is 2.14. The van der Waals surface area contributed by atoms with Crippen LogP contribution in [-0.4, -0.2) is 28.5 Å². The molecule has 2 N–H and O–H groups in total. The van der Waals surface area contributed by atoms with Crippen LogP contribution in [0.5, 0.6) is 0 Å². The van der Waals surface area contributed by atoms with E-state index in [1.165, 1.54) is 0 Å². The highest BCUT2D eigenvalue weighted by atomic mass is 16.1. The Balaban J connectivity index is 1.63. The summed E-state index contributed by atoms with van der Waals surface area (Å²) in [5.41, 5.74) is 0. The van der Waals surface area contributed by atoms with Crippen LogP contribution in [0.4, 0.5) is 5.95 Å². The molecule has 80 valence electrons. The minimum atomic E-state index is 0.0981. The Hall–Kier alpha value is -1.65. The maximum atomic E-state index is 11.3. The fraction of sp³-hybridized carbons (Fsp3) is 0.500. The second-order valence-electron chi connectivity index (χ2n) is 3.59. The Labute approximate surface area is 88.3 Å². The lowest BCUT2D eigenvalue weighted by Crippen LogP contribution is -2.27. The van der Waals surface area contributed by atoms with E-state index < -0.39 is 0 Å². The fourth-order valence-corrected chi connectivity index (χ4v) is 1.21. The van der Waals surface area contributed by atoms with Crippen molar-refractivity contribution in [3.8, 4) is 0 Å². The molecule has 0 bridgehead atoms. The molecular formula is C10H14N4O. The van der Waals surface area contributed by atoms with E-state index in [-0.39, 0.29) is 5.91 Å². The van der Waals surface area contributed by atoms with Crippen LogP contribution in [0.1, 0.15) is 19.3 Å². The van der Waals surface area contributed by atoms with E-state index in [9.17, 15) is 4.79 Å². The number of hydrogen-bond donors (Lipinski definition) is 2. The molecule has 1 heterocycles. The molecule has 1 aromatic heterocycles. The van der Waals surface area contributed by atoms with E-state index in [4.69, 9.17) is 0 Å². The number of rotatable bonds is 5. The fourth-order valence-electron chi connectivity index (χ4n) is 1.21. The van der Waals surface area contributed by atoms with Crippen molar-refractivity contribution in [3.63, 3.8) is 0 Å². The van der Waals surface area contributed by atoms with Gasteiger partial charge in [0.1, 0.15) is 0 Å². The van der Waals surface area contributed by atoms with E-state index in [0.29, 0.717) is 25.0 Å². The predicted octanol–water partition coefficient (Wildman–Crippen LogP) is 0.557. The molecule has 1 aromatic rings. The first-order valence-electron chi connectivity index (χ1n) is 5.15. The topological polar surface area (TPSA) is 66.9 Å². The molecule has 1 saturated carbocycles. The van der Waals surface area contributed by atoms with Gasteiger partial charge in [0.25, 0.3) is 0 Å². The highest BCUT2D eigenvalue weighted by Gasteiger charge is 2.22. The van der Waals surface area contributed by atoms with Crippen molar-refractivity contribution >= 4 is 11.9 Å². The lowest BCUT2D eigenvalue weighted by Gasteiger charge is -2.04. The molecule has 0 radical (unpaired) electrons. The molecule has 1 aliphatic carbocycles. The molecule has 0 atom stereocenters. The van der Waals surface area contributed by atoms with Crippen LogP contribution in [0.2, 0.25) is 0 Å². The maximum absolute atomic E-state index is 11.3. The van der Waals surface area contributed by atoms with E-state index in [0.717, 1.165) is 12.8 Å². The van der Waals surface area contributed by atoms with E-state index in [1.54, 1.807) is 18.5 Å². The van der Waals surface area contributed by atoms with Crippen LogP contribution in [0.3, 0.4) is 0 Å². The van der Waals surface area contributed by atoms with Gasteiger partial charge in [0, 0.05) is 31.4 Å². The molecule has 0 spiro atoms. The number of hydrogen-bond acceptors (Lipinski definition) is 4. The van der Waals surface area contributed by atoms with E-state index >= 15 is 0 Å².